The smallest absolute Gasteiger partial charge is 0.145 e. The molecule has 0 aromatic heterocycles. The van der Waals surface area contributed by atoms with Gasteiger partial charge >= 0.3 is 0 Å². The van der Waals surface area contributed by atoms with E-state index in [1.807, 2.05) is 36.4 Å². The SMILES string of the molecule is O=C(Cc1cccc(Cl)c1)C1CNCc2ccccc21. The van der Waals surface area contributed by atoms with E-state index in [1.54, 1.807) is 0 Å². The van der Waals surface area contributed by atoms with E-state index in [0.717, 1.165) is 18.7 Å². The third kappa shape index (κ3) is 2.77. The lowest BCUT2D eigenvalue weighted by Gasteiger charge is -2.25. The Morgan fingerprint density at radius 3 is 2.90 bits per heavy atom. The maximum atomic E-state index is 12.6. The van der Waals surface area contributed by atoms with Crippen molar-refractivity contribution in [3.05, 3.63) is 70.2 Å². The zero-order chi connectivity index (χ0) is 13.9. The monoisotopic (exact) mass is 285 g/mol. The summed E-state index contributed by atoms with van der Waals surface area (Å²) in [5.74, 6) is 0.186. The molecule has 2 aromatic carbocycles. The summed E-state index contributed by atoms with van der Waals surface area (Å²) in [5.41, 5.74) is 3.37. The van der Waals surface area contributed by atoms with Crippen LogP contribution >= 0.6 is 11.6 Å². The van der Waals surface area contributed by atoms with Gasteiger partial charge in [0.15, 0.2) is 0 Å². The molecule has 3 rings (SSSR count). The molecular formula is C17H16ClNO. The number of carbonyl (C=O) groups is 1. The fourth-order valence-electron chi connectivity index (χ4n) is 2.75. The Balaban J connectivity index is 1.82. The molecule has 2 aromatic rings. The number of fused-ring (bicyclic) bond motifs is 1. The summed E-state index contributed by atoms with van der Waals surface area (Å²) in [7, 11) is 0. The van der Waals surface area contributed by atoms with Crippen LogP contribution in [0.1, 0.15) is 22.6 Å². The third-order valence-electron chi connectivity index (χ3n) is 3.75. The average molecular weight is 286 g/mol. The van der Waals surface area contributed by atoms with Crippen molar-refractivity contribution in [2.75, 3.05) is 6.54 Å². The van der Waals surface area contributed by atoms with Gasteiger partial charge < -0.3 is 5.32 Å². The molecule has 2 nitrogen and oxygen atoms in total. The number of rotatable bonds is 3. The van der Waals surface area contributed by atoms with E-state index in [1.165, 1.54) is 11.1 Å². The maximum absolute atomic E-state index is 12.6. The van der Waals surface area contributed by atoms with Crippen LogP contribution in [-0.4, -0.2) is 12.3 Å². The summed E-state index contributed by atoms with van der Waals surface area (Å²) in [5, 5.41) is 4.00. The molecule has 0 fully saturated rings. The van der Waals surface area contributed by atoms with Crippen molar-refractivity contribution in [2.45, 2.75) is 18.9 Å². The van der Waals surface area contributed by atoms with Crippen molar-refractivity contribution >= 4 is 17.4 Å². The van der Waals surface area contributed by atoms with E-state index >= 15 is 0 Å². The lowest BCUT2D eigenvalue weighted by Crippen LogP contribution is -2.33. The number of ketones is 1. The van der Waals surface area contributed by atoms with Gasteiger partial charge in [0.05, 0.1) is 5.92 Å². The van der Waals surface area contributed by atoms with Gasteiger partial charge in [-0.3, -0.25) is 4.79 Å². The number of nitrogens with one attached hydrogen (secondary N) is 1. The largest absolute Gasteiger partial charge is 0.312 e. The number of hydrogen-bond donors (Lipinski definition) is 1. The Hall–Kier alpha value is -1.64. The average Bonchev–Trinajstić information content (AvgIpc) is 2.46. The van der Waals surface area contributed by atoms with Gasteiger partial charge in [-0.2, -0.15) is 0 Å². The molecule has 20 heavy (non-hydrogen) atoms. The van der Waals surface area contributed by atoms with E-state index in [-0.39, 0.29) is 11.7 Å². The topological polar surface area (TPSA) is 29.1 Å². The number of Topliss-reactive ketones (excluding diaryl/α,β-unsaturated/α-hetero) is 1. The highest BCUT2D eigenvalue weighted by atomic mass is 35.5. The lowest BCUT2D eigenvalue weighted by atomic mass is 9.85. The summed E-state index contributed by atoms with van der Waals surface area (Å²) in [4.78, 5) is 12.6. The first kappa shape index (κ1) is 13.3. The molecule has 0 amide bonds. The second-order valence-corrected chi connectivity index (χ2v) is 5.59. The van der Waals surface area contributed by atoms with Crippen molar-refractivity contribution in [3.8, 4) is 0 Å². The molecule has 1 atom stereocenters. The Labute approximate surface area is 123 Å². The number of carbonyl (C=O) groups excluding carboxylic acids is 1. The van der Waals surface area contributed by atoms with Gasteiger partial charge in [0.2, 0.25) is 0 Å². The molecule has 1 unspecified atom stereocenters. The van der Waals surface area contributed by atoms with Crippen LogP contribution in [0, 0.1) is 0 Å². The lowest BCUT2D eigenvalue weighted by molar-refractivity contribution is -0.119. The maximum Gasteiger partial charge on any atom is 0.145 e. The van der Waals surface area contributed by atoms with E-state index in [2.05, 4.69) is 17.4 Å². The first-order valence-corrected chi connectivity index (χ1v) is 7.17. The van der Waals surface area contributed by atoms with E-state index in [0.29, 0.717) is 11.4 Å². The molecule has 0 radical (unpaired) electrons. The van der Waals surface area contributed by atoms with Gasteiger partial charge in [-0.15, -0.1) is 0 Å². The van der Waals surface area contributed by atoms with Gasteiger partial charge in [0, 0.05) is 24.5 Å². The molecule has 1 aliphatic rings. The van der Waals surface area contributed by atoms with Crippen molar-refractivity contribution < 1.29 is 4.79 Å². The molecule has 1 aliphatic heterocycles. The second kappa shape index (κ2) is 5.78. The zero-order valence-electron chi connectivity index (χ0n) is 11.1. The predicted molar refractivity (Wildman–Crippen MR) is 81.1 cm³/mol. The van der Waals surface area contributed by atoms with Crippen LogP contribution in [0.5, 0.6) is 0 Å². The Morgan fingerprint density at radius 1 is 1.20 bits per heavy atom. The summed E-state index contributed by atoms with van der Waals surface area (Å²) in [6.45, 7) is 1.56. The van der Waals surface area contributed by atoms with E-state index in [4.69, 9.17) is 11.6 Å². The van der Waals surface area contributed by atoms with Crippen LogP contribution in [0.3, 0.4) is 0 Å². The van der Waals surface area contributed by atoms with Crippen LogP contribution in [0.25, 0.3) is 0 Å². The fourth-order valence-corrected chi connectivity index (χ4v) is 2.97. The summed E-state index contributed by atoms with van der Waals surface area (Å²) in [6, 6.07) is 15.7. The highest BCUT2D eigenvalue weighted by Crippen LogP contribution is 2.26. The first-order valence-electron chi connectivity index (χ1n) is 6.80. The van der Waals surface area contributed by atoms with E-state index in [9.17, 15) is 4.79 Å². The second-order valence-electron chi connectivity index (χ2n) is 5.16. The van der Waals surface area contributed by atoms with Gasteiger partial charge in [-0.1, -0.05) is 48.0 Å². The van der Waals surface area contributed by atoms with Crippen LogP contribution in [0.4, 0.5) is 0 Å². The van der Waals surface area contributed by atoms with Crippen LogP contribution in [0.2, 0.25) is 5.02 Å². The minimum absolute atomic E-state index is 0.0565. The zero-order valence-corrected chi connectivity index (χ0v) is 11.9. The summed E-state index contributed by atoms with van der Waals surface area (Å²) < 4.78 is 0. The minimum atomic E-state index is -0.0565. The normalized spacial score (nSPS) is 17.6. The highest BCUT2D eigenvalue weighted by Gasteiger charge is 2.25. The Kier molecular flexibility index (Phi) is 3.86. The number of benzene rings is 2. The Bertz CT molecular complexity index is 638. The molecule has 1 heterocycles. The van der Waals surface area contributed by atoms with Crippen LogP contribution in [-0.2, 0) is 17.8 Å². The first-order chi connectivity index (χ1) is 9.74. The Morgan fingerprint density at radius 2 is 2.05 bits per heavy atom. The quantitative estimate of drug-likeness (QED) is 0.937. The summed E-state index contributed by atoms with van der Waals surface area (Å²) >= 11 is 5.97. The summed E-state index contributed by atoms with van der Waals surface area (Å²) in [6.07, 6.45) is 0.432. The van der Waals surface area contributed by atoms with Gasteiger partial charge in [-0.05, 0) is 28.8 Å². The van der Waals surface area contributed by atoms with Crippen LogP contribution in [0.15, 0.2) is 48.5 Å². The highest BCUT2D eigenvalue weighted by molar-refractivity contribution is 6.30. The third-order valence-corrected chi connectivity index (χ3v) is 3.99. The molecule has 0 spiro atoms. The van der Waals surface area contributed by atoms with E-state index < -0.39 is 0 Å². The minimum Gasteiger partial charge on any atom is -0.312 e. The molecule has 0 saturated heterocycles. The number of halogens is 1. The van der Waals surface area contributed by atoms with Gasteiger partial charge in [0.25, 0.3) is 0 Å². The van der Waals surface area contributed by atoms with Gasteiger partial charge in [-0.25, -0.2) is 0 Å². The molecule has 0 bridgehead atoms. The molecular weight excluding hydrogens is 270 g/mol. The van der Waals surface area contributed by atoms with Crippen molar-refractivity contribution in [1.29, 1.82) is 0 Å². The van der Waals surface area contributed by atoms with Crippen molar-refractivity contribution in [3.63, 3.8) is 0 Å². The molecule has 0 saturated carbocycles. The fraction of sp³-hybridized carbons (Fsp3) is 0.235. The molecule has 102 valence electrons. The molecule has 1 N–H and O–H groups in total. The molecule has 3 heteroatoms. The molecule has 0 aliphatic carbocycles. The standard InChI is InChI=1S/C17H16ClNO/c18-14-6-3-4-12(8-14)9-17(20)16-11-19-10-13-5-1-2-7-15(13)16/h1-8,16,19H,9-11H2. The van der Waals surface area contributed by atoms with Gasteiger partial charge in [0.1, 0.15) is 5.78 Å². The number of hydrogen-bond acceptors (Lipinski definition) is 2. The predicted octanol–water partition coefficient (Wildman–Crippen LogP) is 3.34. The van der Waals surface area contributed by atoms with Crippen molar-refractivity contribution in [2.24, 2.45) is 0 Å². The van der Waals surface area contributed by atoms with Crippen LogP contribution < -0.4 is 5.32 Å². The van der Waals surface area contributed by atoms with Crippen molar-refractivity contribution in [1.82, 2.24) is 5.32 Å².